The molecule has 1 atom stereocenters. The highest BCUT2D eigenvalue weighted by molar-refractivity contribution is 6.00. The second kappa shape index (κ2) is 9.30. The van der Waals surface area contributed by atoms with Crippen LogP contribution >= 0.6 is 0 Å². The Labute approximate surface area is 182 Å². The lowest BCUT2D eigenvalue weighted by Gasteiger charge is -2.30. The van der Waals surface area contributed by atoms with Gasteiger partial charge in [0.15, 0.2) is 5.76 Å². The highest BCUT2D eigenvalue weighted by Gasteiger charge is 2.35. The first-order chi connectivity index (χ1) is 15.5. The Morgan fingerprint density at radius 3 is 2.25 bits per heavy atom. The maximum Gasteiger partial charge on any atom is 0.290 e. The summed E-state index contributed by atoms with van der Waals surface area (Å²) in [5, 5.41) is 2.63. The fourth-order valence-corrected chi connectivity index (χ4v) is 3.28. The largest absolute Gasteiger partial charge is 0.467 e. The number of nitrogens with one attached hydrogen (secondary N) is 1. The van der Waals surface area contributed by atoms with E-state index in [2.05, 4.69) is 5.32 Å². The highest BCUT2D eigenvalue weighted by Crippen LogP contribution is 2.29. The Morgan fingerprint density at radius 1 is 0.875 bits per heavy atom. The fraction of sp³-hybridized carbons (Fsp3) is 0.0833. The van der Waals surface area contributed by atoms with Crippen LogP contribution in [0.25, 0.3) is 0 Å². The van der Waals surface area contributed by atoms with Gasteiger partial charge < -0.3 is 19.1 Å². The van der Waals surface area contributed by atoms with E-state index in [-0.39, 0.29) is 17.9 Å². The summed E-state index contributed by atoms with van der Waals surface area (Å²) < 4.78 is 38.7. The minimum atomic E-state index is -1.37. The first kappa shape index (κ1) is 21.0. The molecule has 0 fully saturated rings. The minimum Gasteiger partial charge on any atom is -0.467 e. The Balaban J connectivity index is 1.77. The van der Waals surface area contributed by atoms with Gasteiger partial charge in [-0.05, 0) is 54.6 Å². The number of nitrogens with zero attached hydrogens (tertiary/aromatic N) is 1. The molecule has 0 aliphatic rings. The molecule has 2 amide bonds. The zero-order valence-electron chi connectivity index (χ0n) is 16.7. The van der Waals surface area contributed by atoms with Crippen molar-refractivity contribution >= 4 is 17.5 Å². The molecule has 32 heavy (non-hydrogen) atoms. The van der Waals surface area contributed by atoms with E-state index < -0.39 is 29.5 Å². The van der Waals surface area contributed by atoms with Crippen molar-refractivity contribution in [3.05, 3.63) is 114 Å². The van der Waals surface area contributed by atoms with Gasteiger partial charge in [-0.1, -0.05) is 18.2 Å². The lowest BCUT2D eigenvalue weighted by Crippen LogP contribution is -2.41. The Hall–Kier alpha value is -4.20. The number of halogens is 2. The molecule has 4 rings (SSSR count). The van der Waals surface area contributed by atoms with E-state index in [4.69, 9.17) is 8.83 Å². The average Bonchev–Trinajstić information content (AvgIpc) is 3.50. The number of carbonyl (C=O) groups is 2. The number of anilines is 1. The molecule has 0 bridgehead atoms. The Kier molecular flexibility index (Phi) is 6.12. The summed E-state index contributed by atoms with van der Waals surface area (Å²) in [5.74, 6) is -2.08. The highest BCUT2D eigenvalue weighted by atomic mass is 19.1. The number of carbonyl (C=O) groups excluding carboxylic acids is 2. The number of hydrogen-bond donors (Lipinski definition) is 1. The summed E-state index contributed by atoms with van der Waals surface area (Å²) >= 11 is 0. The van der Waals surface area contributed by atoms with Crippen molar-refractivity contribution in [3.63, 3.8) is 0 Å². The van der Waals surface area contributed by atoms with Crippen molar-refractivity contribution in [1.82, 2.24) is 4.90 Å². The van der Waals surface area contributed by atoms with E-state index in [0.29, 0.717) is 11.4 Å². The van der Waals surface area contributed by atoms with E-state index in [1.54, 1.807) is 18.2 Å². The van der Waals surface area contributed by atoms with Crippen molar-refractivity contribution in [3.8, 4) is 0 Å². The van der Waals surface area contributed by atoms with E-state index in [0.717, 1.165) is 4.90 Å². The third-order valence-electron chi connectivity index (χ3n) is 4.77. The summed E-state index contributed by atoms with van der Waals surface area (Å²) in [6.07, 6.45) is 2.76. The van der Waals surface area contributed by atoms with Gasteiger partial charge in [0.25, 0.3) is 11.8 Å². The van der Waals surface area contributed by atoms with Crippen LogP contribution in [-0.4, -0.2) is 16.7 Å². The van der Waals surface area contributed by atoms with Crippen molar-refractivity contribution in [1.29, 1.82) is 0 Å². The van der Waals surface area contributed by atoms with Crippen LogP contribution in [0.1, 0.15) is 27.9 Å². The van der Waals surface area contributed by atoms with Gasteiger partial charge in [0.1, 0.15) is 23.4 Å². The van der Waals surface area contributed by atoms with Crippen LogP contribution in [0.4, 0.5) is 14.5 Å². The summed E-state index contributed by atoms with van der Waals surface area (Å²) in [4.78, 5) is 27.8. The predicted octanol–water partition coefficient (Wildman–Crippen LogP) is 5.17. The normalized spacial score (nSPS) is 11.7. The standard InChI is InChI=1S/C24H18F2N2O4/c25-16-9-11-17(12-10-16)27-23(29)22(19-6-1-2-7-20(19)26)28(15-18-5-3-13-31-18)24(30)21-8-4-14-32-21/h1-14,22H,15H2,(H,27,29)/t22-/m1/s1. The Morgan fingerprint density at radius 2 is 1.59 bits per heavy atom. The maximum absolute atomic E-state index is 14.8. The predicted molar refractivity (Wildman–Crippen MR) is 111 cm³/mol. The summed E-state index contributed by atoms with van der Waals surface area (Å²) in [6.45, 7) is -0.123. The molecule has 0 aliphatic carbocycles. The molecular weight excluding hydrogens is 418 g/mol. The molecule has 162 valence electrons. The van der Waals surface area contributed by atoms with E-state index in [9.17, 15) is 18.4 Å². The lowest BCUT2D eigenvalue weighted by molar-refractivity contribution is -0.121. The average molecular weight is 436 g/mol. The van der Waals surface area contributed by atoms with Gasteiger partial charge in [-0.2, -0.15) is 0 Å². The van der Waals surface area contributed by atoms with Gasteiger partial charge in [-0.15, -0.1) is 0 Å². The zero-order chi connectivity index (χ0) is 22.5. The van der Waals surface area contributed by atoms with Gasteiger partial charge in [0.2, 0.25) is 0 Å². The quantitative estimate of drug-likeness (QED) is 0.434. The minimum absolute atomic E-state index is 0.0152. The topological polar surface area (TPSA) is 75.7 Å². The van der Waals surface area contributed by atoms with Crippen molar-refractivity contribution in [2.45, 2.75) is 12.6 Å². The second-order valence-electron chi connectivity index (χ2n) is 6.91. The van der Waals surface area contributed by atoms with E-state index in [1.807, 2.05) is 0 Å². The van der Waals surface area contributed by atoms with E-state index >= 15 is 0 Å². The molecule has 0 spiro atoms. The van der Waals surface area contributed by atoms with Crippen LogP contribution in [0.5, 0.6) is 0 Å². The van der Waals surface area contributed by atoms with Crippen LogP contribution < -0.4 is 5.32 Å². The molecule has 2 aromatic heterocycles. The number of amides is 2. The van der Waals surface area contributed by atoms with Crippen LogP contribution in [0.3, 0.4) is 0 Å². The first-order valence-electron chi connectivity index (χ1n) is 9.70. The van der Waals surface area contributed by atoms with Gasteiger partial charge in [-0.25, -0.2) is 8.78 Å². The Bertz CT molecular complexity index is 1190. The van der Waals surface area contributed by atoms with E-state index in [1.165, 1.54) is 67.1 Å². The SMILES string of the molecule is O=C(Nc1ccc(F)cc1)[C@@H](c1ccccc1F)N(Cc1ccco1)C(=O)c1ccco1. The lowest BCUT2D eigenvalue weighted by atomic mass is 10.0. The molecule has 0 saturated heterocycles. The number of benzene rings is 2. The molecular formula is C24H18F2N2O4. The molecule has 6 nitrogen and oxygen atoms in total. The molecule has 8 heteroatoms. The molecule has 1 N–H and O–H groups in total. The number of rotatable bonds is 7. The number of hydrogen-bond acceptors (Lipinski definition) is 4. The molecule has 4 aromatic rings. The molecule has 0 unspecified atom stereocenters. The van der Waals surface area contributed by atoms with Gasteiger partial charge in [0, 0.05) is 11.3 Å². The third kappa shape index (κ3) is 4.59. The summed E-state index contributed by atoms with van der Waals surface area (Å²) in [7, 11) is 0. The second-order valence-corrected chi connectivity index (χ2v) is 6.91. The van der Waals surface area contributed by atoms with Crippen molar-refractivity contribution < 1.29 is 27.2 Å². The summed E-state index contributed by atoms with van der Waals surface area (Å²) in [6, 6.07) is 15.7. The monoisotopic (exact) mass is 436 g/mol. The van der Waals surface area contributed by atoms with Crippen molar-refractivity contribution in [2.24, 2.45) is 0 Å². The first-order valence-corrected chi connectivity index (χ1v) is 9.70. The zero-order valence-corrected chi connectivity index (χ0v) is 16.7. The molecule has 2 aromatic carbocycles. The molecule has 0 aliphatic heterocycles. The van der Waals surface area contributed by atoms with Crippen LogP contribution in [0.15, 0.2) is 94.2 Å². The van der Waals surface area contributed by atoms with Gasteiger partial charge in [0.05, 0.1) is 19.1 Å². The smallest absolute Gasteiger partial charge is 0.290 e. The maximum atomic E-state index is 14.8. The fourth-order valence-electron chi connectivity index (χ4n) is 3.28. The molecule has 2 heterocycles. The van der Waals surface area contributed by atoms with Gasteiger partial charge in [-0.3, -0.25) is 9.59 Å². The van der Waals surface area contributed by atoms with Crippen molar-refractivity contribution in [2.75, 3.05) is 5.32 Å². The van der Waals surface area contributed by atoms with Crippen LogP contribution in [-0.2, 0) is 11.3 Å². The molecule has 0 saturated carbocycles. The van der Waals surface area contributed by atoms with Crippen LogP contribution in [0, 0.1) is 11.6 Å². The summed E-state index contributed by atoms with van der Waals surface area (Å²) in [5.41, 5.74) is 0.278. The molecule has 0 radical (unpaired) electrons. The van der Waals surface area contributed by atoms with Crippen LogP contribution in [0.2, 0.25) is 0 Å². The van der Waals surface area contributed by atoms with Gasteiger partial charge >= 0.3 is 0 Å². The third-order valence-corrected chi connectivity index (χ3v) is 4.77. The number of furan rings is 2.